The summed E-state index contributed by atoms with van der Waals surface area (Å²) in [6.45, 7) is 0. The average Bonchev–Trinajstić information content (AvgIpc) is 2.17. The molecule has 0 saturated heterocycles. The van der Waals surface area contributed by atoms with Crippen LogP contribution in [0.25, 0.3) is 0 Å². The van der Waals surface area contributed by atoms with Gasteiger partial charge < -0.3 is 11.5 Å². The predicted octanol–water partition coefficient (Wildman–Crippen LogP) is -0.830. The molecule has 1 aromatic heterocycles. The third kappa shape index (κ3) is 1.90. The number of nitrogen functional groups attached to an aromatic ring is 1. The summed E-state index contributed by atoms with van der Waals surface area (Å²) in [6.07, 6.45) is 6.48. The summed E-state index contributed by atoms with van der Waals surface area (Å²) in [5.41, 5.74) is 10.5. The molecule has 0 unspecified atom stereocenters. The largest absolute Gasteiger partial charge is 0.405 e. The van der Waals surface area contributed by atoms with Crippen molar-refractivity contribution < 1.29 is 0 Å². The second-order valence-electron chi connectivity index (χ2n) is 2.54. The van der Waals surface area contributed by atoms with Crippen molar-refractivity contribution in [1.82, 2.24) is 9.55 Å². The van der Waals surface area contributed by atoms with Crippen LogP contribution in [-0.4, -0.2) is 9.55 Å². The number of nitriles is 1. The van der Waals surface area contributed by atoms with Gasteiger partial charge in [-0.2, -0.15) is 10.2 Å². The number of hydrogen-bond donors (Lipinski definition) is 2. The van der Waals surface area contributed by atoms with E-state index in [-0.39, 0.29) is 5.82 Å². The Morgan fingerprint density at radius 3 is 3.00 bits per heavy atom. The molecule has 1 aromatic rings. The SMILES string of the molecule is N#Cn1cc(CC=CN)c(N)nc1=O. The highest BCUT2D eigenvalue weighted by Gasteiger charge is 2.03. The molecule has 0 aliphatic rings. The molecular formula is C8H9N5O. The number of allylic oxidation sites excluding steroid dienone is 1. The van der Waals surface area contributed by atoms with Gasteiger partial charge in [0.2, 0.25) is 0 Å². The standard InChI is InChI=1S/C8H9N5O/c9-3-1-2-6-4-13(5-10)8(14)12-7(6)11/h1,3-4H,2,9H2,(H2,11,12,14). The minimum absolute atomic E-state index is 0.125. The summed E-state index contributed by atoms with van der Waals surface area (Å²) in [5, 5.41) is 8.55. The van der Waals surface area contributed by atoms with Crippen LogP contribution >= 0.6 is 0 Å². The van der Waals surface area contributed by atoms with E-state index in [4.69, 9.17) is 16.7 Å². The quantitative estimate of drug-likeness (QED) is 0.633. The van der Waals surface area contributed by atoms with Gasteiger partial charge >= 0.3 is 5.69 Å². The Bertz CT molecular complexity index is 454. The van der Waals surface area contributed by atoms with Gasteiger partial charge in [0.25, 0.3) is 0 Å². The smallest absolute Gasteiger partial charge is 0.362 e. The van der Waals surface area contributed by atoms with E-state index in [1.807, 2.05) is 0 Å². The molecule has 1 heterocycles. The van der Waals surface area contributed by atoms with Gasteiger partial charge in [0.1, 0.15) is 5.82 Å². The van der Waals surface area contributed by atoms with Crippen LogP contribution < -0.4 is 17.2 Å². The van der Waals surface area contributed by atoms with Gasteiger partial charge in [0, 0.05) is 11.8 Å². The van der Waals surface area contributed by atoms with E-state index in [2.05, 4.69) is 4.98 Å². The molecule has 0 aliphatic carbocycles. The van der Waals surface area contributed by atoms with Gasteiger partial charge in [-0.3, -0.25) is 0 Å². The lowest BCUT2D eigenvalue weighted by Gasteiger charge is -2.01. The lowest BCUT2D eigenvalue weighted by molar-refractivity contribution is 0.911. The first-order valence-electron chi connectivity index (χ1n) is 3.84. The Balaban J connectivity index is 3.19. The summed E-state index contributed by atoms with van der Waals surface area (Å²) < 4.78 is 0.816. The Labute approximate surface area is 80.1 Å². The van der Waals surface area contributed by atoms with E-state index in [9.17, 15) is 4.79 Å². The van der Waals surface area contributed by atoms with Crippen molar-refractivity contribution in [1.29, 1.82) is 5.26 Å². The van der Waals surface area contributed by atoms with Crippen molar-refractivity contribution in [3.63, 3.8) is 0 Å². The van der Waals surface area contributed by atoms with E-state index < -0.39 is 5.69 Å². The maximum absolute atomic E-state index is 11.0. The predicted molar refractivity (Wildman–Crippen MR) is 51.0 cm³/mol. The highest BCUT2D eigenvalue weighted by Crippen LogP contribution is 2.05. The monoisotopic (exact) mass is 191 g/mol. The molecule has 0 amide bonds. The molecule has 0 radical (unpaired) electrons. The number of rotatable bonds is 2. The van der Waals surface area contributed by atoms with Crippen molar-refractivity contribution in [2.24, 2.45) is 5.73 Å². The topological polar surface area (TPSA) is 111 Å². The van der Waals surface area contributed by atoms with Gasteiger partial charge in [-0.1, -0.05) is 6.08 Å². The van der Waals surface area contributed by atoms with Crippen molar-refractivity contribution in [2.45, 2.75) is 6.42 Å². The molecule has 0 fully saturated rings. The molecule has 0 saturated carbocycles. The first-order valence-corrected chi connectivity index (χ1v) is 3.84. The zero-order chi connectivity index (χ0) is 10.6. The Hall–Kier alpha value is -2.29. The van der Waals surface area contributed by atoms with Crippen LogP contribution in [0.2, 0.25) is 0 Å². The van der Waals surface area contributed by atoms with E-state index in [1.165, 1.54) is 12.4 Å². The number of aromatic nitrogens is 2. The van der Waals surface area contributed by atoms with Crippen LogP contribution in [0.1, 0.15) is 5.56 Å². The van der Waals surface area contributed by atoms with E-state index >= 15 is 0 Å². The van der Waals surface area contributed by atoms with E-state index in [1.54, 1.807) is 12.3 Å². The molecule has 6 heteroatoms. The summed E-state index contributed by atoms with van der Waals surface area (Å²) >= 11 is 0. The normalized spacial score (nSPS) is 10.2. The van der Waals surface area contributed by atoms with Crippen molar-refractivity contribution in [3.05, 3.63) is 34.5 Å². The van der Waals surface area contributed by atoms with Crippen molar-refractivity contribution in [2.75, 3.05) is 5.73 Å². The zero-order valence-corrected chi connectivity index (χ0v) is 7.34. The molecule has 4 N–H and O–H groups in total. The molecule has 0 aliphatic heterocycles. The molecule has 0 aromatic carbocycles. The fraction of sp³-hybridized carbons (Fsp3) is 0.125. The number of anilines is 1. The van der Waals surface area contributed by atoms with Crippen LogP contribution in [0, 0.1) is 11.5 Å². The Morgan fingerprint density at radius 1 is 1.71 bits per heavy atom. The third-order valence-corrected chi connectivity index (χ3v) is 1.62. The fourth-order valence-corrected chi connectivity index (χ4v) is 0.930. The van der Waals surface area contributed by atoms with Gasteiger partial charge in [-0.05, 0) is 12.6 Å². The fourth-order valence-electron chi connectivity index (χ4n) is 0.930. The Morgan fingerprint density at radius 2 is 2.43 bits per heavy atom. The lowest BCUT2D eigenvalue weighted by Crippen LogP contribution is -2.22. The van der Waals surface area contributed by atoms with Gasteiger partial charge in [0.05, 0.1) is 0 Å². The van der Waals surface area contributed by atoms with Crippen LogP contribution in [0.15, 0.2) is 23.3 Å². The third-order valence-electron chi connectivity index (χ3n) is 1.62. The summed E-state index contributed by atoms with van der Waals surface area (Å²) in [6, 6.07) is 0. The highest BCUT2D eigenvalue weighted by atomic mass is 16.1. The van der Waals surface area contributed by atoms with Crippen LogP contribution in [0.5, 0.6) is 0 Å². The van der Waals surface area contributed by atoms with Gasteiger partial charge in [0.15, 0.2) is 6.19 Å². The molecule has 72 valence electrons. The first-order chi connectivity index (χ1) is 6.69. The van der Waals surface area contributed by atoms with Crippen LogP contribution in [-0.2, 0) is 6.42 Å². The second-order valence-corrected chi connectivity index (χ2v) is 2.54. The molecular weight excluding hydrogens is 182 g/mol. The molecule has 14 heavy (non-hydrogen) atoms. The maximum Gasteiger partial charge on any atom is 0.362 e. The summed E-state index contributed by atoms with van der Waals surface area (Å²) in [4.78, 5) is 14.5. The minimum Gasteiger partial charge on any atom is -0.405 e. The molecule has 0 atom stereocenters. The van der Waals surface area contributed by atoms with Gasteiger partial charge in [-0.25, -0.2) is 9.36 Å². The van der Waals surface area contributed by atoms with E-state index in [0.29, 0.717) is 12.0 Å². The minimum atomic E-state index is -0.675. The number of hydrogen-bond acceptors (Lipinski definition) is 5. The molecule has 6 nitrogen and oxygen atoms in total. The molecule has 0 spiro atoms. The molecule has 1 rings (SSSR count). The van der Waals surface area contributed by atoms with E-state index in [0.717, 1.165) is 4.57 Å². The number of nitrogens with zero attached hydrogens (tertiary/aromatic N) is 3. The lowest BCUT2D eigenvalue weighted by atomic mass is 10.2. The van der Waals surface area contributed by atoms with Crippen molar-refractivity contribution in [3.8, 4) is 6.19 Å². The molecule has 0 bridgehead atoms. The second kappa shape index (κ2) is 4.09. The van der Waals surface area contributed by atoms with Crippen LogP contribution in [0.3, 0.4) is 0 Å². The van der Waals surface area contributed by atoms with Crippen LogP contribution in [0.4, 0.5) is 5.82 Å². The highest BCUT2D eigenvalue weighted by molar-refractivity contribution is 5.38. The first kappa shape index (κ1) is 9.80. The average molecular weight is 191 g/mol. The Kier molecular flexibility index (Phi) is 2.86. The van der Waals surface area contributed by atoms with Crippen molar-refractivity contribution >= 4 is 5.82 Å². The maximum atomic E-state index is 11.0. The number of nitrogens with two attached hydrogens (primary N) is 2. The summed E-state index contributed by atoms with van der Waals surface area (Å²) in [5.74, 6) is 0.125. The summed E-state index contributed by atoms with van der Waals surface area (Å²) in [7, 11) is 0. The van der Waals surface area contributed by atoms with Gasteiger partial charge in [-0.15, -0.1) is 0 Å². The zero-order valence-electron chi connectivity index (χ0n) is 7.34.